The lowest BCUT2D eigenvalue weighted by molar-refractivity contribution is -0.155. The number of carbonyl (C=O) groups is 2. The van der Waals surface area contributed by atoms with Gasteiger partial charge in [0, 0.05) is 44.9 Å². The number of aromatic nitrogens is 2. The maximum absolute atomic E-state index is 12.4. The minimum atomic E-state index is -0.782. The van der Waals surface area contributed by atoms with Gasteiger partial charge in [-0.15, -0.1) is 0 Å². The zero-order valence-electron chi connectivity index (χ0n) is 13.4. The molecule has 6 nitrogen and oxygen atoms in total. The topological polar surface area (TPSA) is 75.4 Å². The van der Waals surface area contributed by atoms with Crippen molar-refractivity contribution in [1.29, 1.82) is 0 Å². The minimum absolute atomic E-state index is 0.0366. The molecule has 22 heavy (non-hydrogen) atoms. The smallest absolute Gasteiger partial charge is 0.311 e. The van der Waals surface area contributed by atoms with Gasteiger partial charge >= 0.3 is 5.97 Å². The van der Waals surface area contributed by atoms with E-state index in [-0.39, 0.29) is 5.91 Å². The Hall–Kier alpha value is -1.85. The van der Waals surface area contributed by atoms with Gasteiger partial charge in [0.25, 0.3) is 0 Å². The van der Waals surface area contributed by atoms with E-state index in [0.717, 1.165) is 18.7 Å². The third-order valence-electron chi connectivity index (χ3n) is 4.74. The number of hydrogen-bond acceptors (Lipinski definition) is 3. The van der Waals surface area contributed by atoms with Crippen molar-refractivity contribution < 1.29 is 14.7 Å². The lowest BCUT2D eigenvalue weighted by Gasteiger charge is -2.39. The van der Waals surface area contributed by atoms with Crippen molar-refractivity contribution in [2.75, 3.05) is 13.1 Å². The second-order valence-corrected chi connectivity index (χ2v) is 6.00. The lowest BCUT2D eigenvalue weighted by atomic mass is 9.77. The molecule has 2 heterocycles. The zero-order chi connectivity index (χ0) is 16.2. The first kappa shape index (κ1) is 16.5. The molecule has 0 unspecified atom stereocenters. The molecule has 1 N–H and O–H groups in total. The maximum Gasteiger partial charge on any atom is 0.311 e. The molecule has 1 amide bonds. The molecular weight excluding hydrogens is 282 g/mol. The van der Waals surface area contributed by atoms with Crippen LogP contribution in [0.25, 0.3) is 0 Å². The van der Waals surface area contributed by atoms with Gasteiger partial charge in [0.05, 0.1) is 5.41 Å². The highest BCUT2D eigenvalue weighted by molar-refractivity contribution is 5.79. The summed E-state index contributed by atoms with van der Waals surface area (Å²) in [6, 6.07) is 0. The zero-order valence-corrected chi connectivity index (χ0v) is 13.4. The van der Waals surface area contributed by atoms with Crippen molar-refractivity contribution in [3.8, 4) is 0 Å². The van der Waals surface area contributed by atoms with Gasteiger partial charge < -0.3 is 14.6 Å². The molecule has 0 aliphatic carbocycles. The number of aryl methyl sites for hydroxylation is 2. The molecule has 1 aromatic heterocycles. The number of nitrogens with zero attached hydrogens (tertiary/aromatic N) is 3. The fourth-order valence-corrected chi connectivity index (χ4v) is 3.19. The Labute approximate surface area is 131 Å². The maximum atomic E-state index is 12.4. The van der Waals surface area contributed by atoms with Gasteiger partial charge in [-0.05, 0) is 19.3 Å². The predicted octanol–water partition coefficient (Wildman–Crippen LogP) is 1.94. The number of aliphatic carboxylic acids is 1. The van der Waals surface area contributed by atoms with Gasteiger partial charge in [-0.25, -0.2) is 4.98 Å². The second-order valence-electron chi connectivity index (χ2n) is 6.00. The van der Waals surface area contributed by atoms with Crippen molar-refractivity contribution >= 4 is 11.9 Å². The van der Waals surface area contributed by atoms with E-state index in [9.17, 15) is 14.7 Å². The summed E-state index contributed by atoms with van der Waals surface area (Å²) in [6.45, 7) is 5.53. The van der Waals surface area contributed by atoms with E-state index in [1.165, 1.54) is 0 Å². The Morgan fingerprint density at radius 2 is 2.18 bits per heavy atom. The van der Waals surface area contributed by atoms with Crippen molar-refractivity contribution in [2.45, 2.75) is 52.5 Å². The molecule has 1 aliphatic rings. The molecule has 6 heteroatoms. The number of imidazole rings is 1. The van der Waals surface area contributed by atoms with Crippen LogP contribution in [0.5, 0.6) is 0 Å². The summed E-state index contributed by atoms with van der Waals surface area (Å²) in [6.07, 6.45) is 6.84. The Kier molecular flexibility index (Phi) is 5.21. The van der Waals surface area contributed by atoms with Crippen molar-refractivity contribution in [1.82, 2.24) is 14.5 Å². The minimum Gasteiger partial charge on any atom is -0.481 e. The molecule has 0 bridgehead atoms. The van der Waals surface area contributed by atoms with E-state index in [4.69, 9.17) is 0 Å². The van der Waals surface area contributed by atoms with Gasteiger partial charge in [0.2, 0.25) is 5.91 Å². The highest BCUT2D eigenvalue weighted by atomic mass is 16.4. The van der Waals surface area contributed by atoms with Gasteiger partial charge in [-0.1, -0.05) is 13.8 Å². The summed E-state index contributed by atoms with van der Waals surface area (Å²) in [5, 5.41) is 9.49. The highest BCUT2D eigenvalue weighted by Gasteiger charge is 2.41. The summed E-state index contributed by atoms with van der Waals surface area (Å²) < 4.78 is 1.99. The van der Waals surface area contributed by atoms with E-state index in [1.807, 2.05) is 24.6 Å². The first-order valence-corrected chi connectivity index (χ1v) is 8.03. The van der Waals surface area contributed by atoms with Crippen LogP contribution in [-0.2, 0) is 22.6 Å². The fourth-order valence-electron chi connectivity index (χ4n) is 3.19. The van der Waals surface area contributed by atoms with Crippen LogP contribution in [0.3, 0.4) is 0 Å². The standard InChI is InChI=1S/C16H25N3O3/c1-3-13-17-8-11-18(13)10-6-14(20)19-9-5-7-16(4-2,12-19)15(21)22/h8,11H,3-7,9-10,12H2,1-2H3,(H,21,22)/t16-/m1/s1. The summed E-state index contributed by atoms with van der Waals surface area (Å²) in [5.74, 6) is 0.227. The number of hydrogen-bond donors (Lipinski definition) is 1. The Morgan fingerprint density at radius 1 is 1.41 bits per heavy atom. The van der Waals surface area contributed by atoms with Crippen LogP contribution in [0.15, 0.2) is 12.4 Å². The number of carboxylic acid groups (broad SMARTS) is 1. The molecule has 0 spiro atoms. The average molecular weight is 307 g/mol. The highest BCUT2D eigenvalue weighted by Crippen LogP contribution is 2.33. The third-order valence-corrected chi connectivity index (χ3v) is 4.74. The number of piperidine rings is 1. The first-order valence-electron chi connectivity index (χ1n) is 8.03. The average Bonchev–Trinajstić information content (AvgIpc) is 2.99. The van der Waals surface area contributed by atoms with Gasteiger partial charge in [0.15, 0.2) is 0 Å². The molecular formula is C16H25N3O3. The van der Waals surface area contributed by atoms with E-state index < -0.39 is 11.4 Å². The van der Waals surface area contributed by atoms with Crippen LogP contribution in [0.1, 0.15) is 45.4 Å². The molecule has 2 rings (SSSR count). The molecule has 0 saturated carbocycles. The number of carboxylic acids is 1. The Morgan fingerprint density at radius 3 is 2.82 bits per heavy atom. The van der Waals surface area contributed by atoms with E-state index >= 15 is 0 Å². The molecule has 1 aromatic rings. The largest absolute Gasteiger partial charge is 0.481 e. The Bertz CT molecular complexity index is 540. The van der Waals surface area contributed by atoms with E-state index in [0.29, 0.717) is 38.9 Å². The predicted molar refractivity (Wildman–Crippen MR) is 82.4 cm³/mol. The van der Waals surface area contributed by atoms with E-state index in [1.54, 1.807) is 11.1 Å². The van der Waals surface area contributed by atoms with Gasteiger partial charge in [0.1, 0.15) is 5.82 Å². The quantitative estimate of drug-likeness (QED) is 0.871. The van der Waals surface area contributed by atoms with Crippen LogP contribution in [0, 0.1) is 5.41 Å². The number of likely N-dealkylation sites (tertiary alicyclic amines) is 1. The summed E-state index contributed by atoms with van der Waals surface area (Å²) in [5.41, 5.74) is -0.766. The van der Waals surface area contributed by atoms with Crippen molar-refractivity contribution in [3.05, 3.63) is 18.2 Å². The third kappa shape index (κ3) is 3.31. The molecule has 0 aromatic carbocycles. The Balaban J connectivity index is 1.96. The molecule has 1 aliphatic heterocycles. The summed E-state index contributed by atoms with van der Waals surface area (Å²) in [7, 11) is 0. The molecule has 1 fully saturated rings. The summed E-state index contributed by atoms with van der Waals surface area (Å²) >= 11 is 0. The molecule has 1 saturated heterocycles. The lowest BCUT2D eigenvalue weighted by Crippen LogP contribution is -2.49. The SMILES string of the molecule is CCc1nccn1CCC(=O)N1CCC[C@@](CC)(C(=O)O)C1. The van der Waals surface area contributed by atoms with Crippen LogP contribution in [0.4, 0.5) is 0 Å². The van der Waals surface area contributed by atoms with Gasteiger partial charge in [-0.3, -0.25) is 9.59 Å². The van der Waals surface area contributed by atoms with Gasteiger partial charge in [-0.2, -0.15) is 0 Å². The van der Waals surface area contributed by atoms with Crippen LogP contribution in [-0.4, -0.2) is 44.5 Å². The molecule has 1 atom stereocenters. The van der Waals surface area contributed by atoms with Crippen molar-refractivity contribution in [2.24, 2.45) is 5.41 Å². The second kappa shape index (κ2) is 6.94. The monoisotopic (exact) mass is 307 g/mol. The summed E-state index contributed by atoms with van der Waals surface area (Å²) in [4.78, 5) is 29.9. The molecule has 122 valence electrons. The van der Waals surface area contributed by atoms with E-state index in [2.05, 4.69) is 4.98 Å². The number of rotatable bonds is 6. The number of amides is 1. The fraction of sp³-hybridized carbons (Fsp3) is 0.688. The first-order chi connectivity index (χ1) is 10.5. The normalized spacial score (nSPS) is 21.8. The molecule has 0 radical (unpaired) electrons. The van der Waals surface area contributed by atoms with Crippen LogP contribution >= 0.6 is 0 Å². The number of carbonyl (C=O) groups excluding carboxylic acids is 1. The van der Waals surface area contributed by atoms with Crippen molar-refractivity contribution in [3.63, 3.8) is 0 Å². The van der Waals surface area contributed by atoms with Crippen LogP contribution in [0.2, 0.25) is 0 Å². The van der Waals surface area contributed by atoms with Crippen LogP contribution < -0.4 is 0 Å².